The van der Waals surface area contributed by atoms with Gasteiger partial charge in [0.15, 0.2) is 11.0 Å². The second-order valence-corrected chi connectivity index (χ2v) is 9.42. The van der Waals surface area contributed by atoms with Crippen LogP contribution in [0.25, 0.3) is 5.69 Å². The fourth-order valence-electron chi connectivity index (χ4n) is 3.58. The summed E-state index contributed by atoms with van der Waals surface area (Å²) in [5.41, 5.74) is 2.87. The molecule has 0 aliphatic carbocycles. The summed E-state index contributed by atoms with van der Waals surface area (Å²) in [4.78, 5) is 12.7. The zero-order chi connectivity index (χ0) is 23.8. The monoisotopic (exact) mass is 488 g/mol. The summed E-state index contributed by atoms with van der Waals surface area (Å²) in [6, 6.07) is 12.1. The zero-order valence-corrected chi connectivity index (χ0v) is 20.8. The van der Waals surface area contributed by atoms with E-state index in [1.54, 1.807) is 12.1 Å². The Kier molecular flexibility index (Phi) is 9.32. The predicted octanol–water partition coefficient (Wildman–Crippen LogP) is 6.49. The molecule has 1 N–H and O–H groups in total. The molecule has 0 aliphatic heterocycles. The minimum atomic E-state index is -0.260. The van der Waals surface area contributed by atoms with Gasteiger partial charge in [-0.15, -0.1) is 10.2 Å². The number of nitrogens with zero attached hydrogens (tertiary/aromatic N) is 3. The van der Waals surface area contributed by atoms with Crippen LogP contribution >= 0.6 is 23.4 Å². The molecular weight excluding hydrogens is 459 g/mol. The number of amides is 1. The minimum Gasteiger partial charge on any atom is -0.349 e. The van der Waals surface area contributed by atoms with Crippen LogP contribution in [0.5, 0.6) is 0 Å². The molecule has 8 heteroatoms. The van der Waals surface area contributed by atoms with E-state index in [1.807, 2.05) is 36.6 Å². The van der Waals surface area contributed by atoms with Crippen LogP contribution in [0.3, 0.4) is 0 Å². The van der Waals surface area contributed by atoms with Crippen molar-refractivity contribution in [1.82, 2.24) is 20.1 Å². The smallest absolute Gasteiger partial charge is 0.223 e. The number of rotatable bonds is 11. The summed E-state index contributed by atoms with van der Waals surface area (Å²) in [6.07, 6.45) is 3.80. The van der Waals surface area contributed by atoms with Crippen LogP contribution in [0.2, 0.25) is 5.02 Å². The molecule has 1 amide bonds. The van der Waals surface area contributed by atoms with Crippen molar-refractivity contribution in [2.75, 3.05) is 0 Å². The average Bonchev–Trinajstić information content (AvgIpc) is 3.22. The van der Waals surface area contributed by atoms with Crippen LogP contribution in [-0.4, -0.2) is 20.7 Å². The molecule has 1 atom stereocenters. The molecule has 176 valence electrons. The van der Waals surface area contributed by atoms with E-state index in [1.165, 1.54) is 23.9 Å². The number of hydrogen-bond donors (Lipinski definition) is 1. The first kappa shape index (κ1) is 25.2. The Bertz CT molecular complexity index is 1070. The van der Waals surface area contributed by atoms with Crippen LogP contribution in [0.15, 0.2) is 47.6 Å². The lowest BCUT2D eigenvalue weighted by Crippen LogP contribution is -2.31. The molecule has 0 radical (unpaired) electrons. The Hall–Kier alpha value is -2.38. The molecule has 0 aliphatic rings. The van der Waals surface area contributed by atoms with Crippen molar-refractivity contribution < 1.29 is 9.18 Å². The maximum atomic E-state index is 13.2. The van der Waals surface area contributed by atoms with Crippen molar-refractivity contribution >= 4 is 29.3 Å². The summed E-state index contributed by atoms with van der Waals surface area (Å²) in [6.45, 7) is 6.45. The third-order valence-electron chi connectivity index (χ3n) is 5.58. The first-order valence-electron chi connectivity index (χ1n) is 11.3. The van der Waals surface area contributed by atoms with Gasteiger partial charge in [0.2, 0.25) is 5.91 Å². The van der Waals surface area contributed by atoms with E-state index in [-0.39, 0.29) is 24.2 Å². The number of thioether (sulfide) groups is 1. The van der Waals surface area contributed by atoms with Crippen molar-refractivity contribution in [3.8, 4) is 5.69 Å². The lowest BCUT2D eigenvalue weighted by Gasteiger charge is -2.16. The summed E-state index contributed by atoms with van der Waals surface area (Å²) in [7, 11) is 0. The van der Waals surface area contributed by atoms with E-state index >= 15 is 0 Å². The molecule has 3 rings (SSSR count). The molecule has 1 heterocycles. The maximum Gasteiger partial charge on any atom is 0.223 e. The lowest BCUT2D eigenvalue weighted by atomic mass is 9.98. The largest absolute Gasteiger partial charge is 0.349 e. The number of carbonyl (C=O) groups excluding carboxylic acids is 1. The van der Waals surface area contributed by atoms with Crippen LogP contribution in [0.1, 0.15) is 56.5 Å². The first-order chi connectivity index (χ1) is 15.9. The van der Waals surface area contributed by atoms with Gasteiger partial charge in [-0.3, -0.25) is 9.36 Å². The third kappa shape index (κ3) is 6.81. The molecule has 0 bridgehead atoms. The van der Waals surface area contributed by atoms with Gasteiger partial charge in [0.05, 0.1) is 12.2 Å². The Morgan fingerprint density at radius 3 is 2.64 bits per heavy atom. The maximum absolute atomic E-state index is 13.2. The molecule has 0 saturated carbocycles. The highest BCUT2D eigenvalue weighted by Crippen LogP contribution is 2.28. The van der Waals surface area contributed by atoms with Crippen molar-refractivity contribution in [3.05, 3.63) is 70.3 Å². The highest BCUT2D eigenvalue weighted by Gasteiger charge is 2.20. The third-order valence-corrected chi connectivity index (χ3v) is 6.82. The average molecular weight is 489 g/mol. The normalized spacial score (nSPS) is 12.0. The van der Waals surface area contributed by atoms with E-state index in [9.17, 15) is 9.18 Å². The van der Waals surface area contributed by atoms with E-state index in [0.29, 0.717) is 21.8 Å². The van der Waals surface area contributed by atoms with Gasteiger partial charge in [-0.2, -0.15) is 0 Å². The standard InChI is InChI=1S/C25H30ClFN4OS/c1-4-6-7-19(5-2)24(32)28-15-23-29-30-25(33-16-18-9-12-21(27)13-10-18)31(23)22-14-20(26)11-8-17(22)3/h8-14,19H,4-7,15-16H2,1-3H3,(H,28,32). The first-order valence-corrected chi connectivity index (χ1v) is 12.6. The van der Waals surface area contributed by atoms with Crippen LogP contribution in [-0.2, 0) is 17.1 Å². The topological polar surface area (TPSA) is 59.8 Å². The fourth-order valence-corrected chi connectivity index (χ4v) is 4.67. The predicted molar refractivity (Wildman–Crippen MR) is 132 cm³/mol. The quantitative estimate of drug-likeness (QED) is 0.313. The van der Waals surface area contributed by atoms with Crippen molar-refractivity contribution in [2.24, 2.45) is 5.92 Å². The van der Waals surface area contributed by atoms with Gasteiger partial charge < -0.3 is 5.32 Å². The number of halogens is 2. The van der Waals surface area contributed by atoms with Gasteiger partial charge in [-0.05, 0) is 55.2 Å². The molecule has 1 aromatic heterocycles. The van der Waals surface area contributed by atoms with Gasteiger partial charge in [-0.25, -0.2) is 4.39 Å². The van der Waals surface area contributed by atoms with E-state index in [2.05, 4.69) is 22.4 Å². The number of aromatic nitrogens is 3. The molecule has 33 heavy (non-hydrogen) atoms. The molecule has 0 saturated heterocycles. The number of unbranched alkanes of at least 4 members (excludes halogenated alkanes) is 1. The van der Waals surface area contributed by atoms with E-state index in [4.69, 9.17) is 11.6 Å². The number of aryl methyl sites for hydroxylation is 1. The van der Waals surface area contributed by atoms with E-state index < -0.39 is 0 Å². The SMILES string of the molecule is CCCCC(CC)C(=O)NCc1nnc(SCc2ccc(F)cc2)n1-c1cc(Cl)ccc1C. The molecule has 2 aromatic carbocycles. The summed E-state index contributed by atoms with van der Waals surface area (Å²) >= 11 is 7.80. The minimum absolute atomic E-state index is 0.00143. The van der Waals surface area contributed by atoms with Crippen LogP contribution < -0.4 is 5.32 Å². The fraction of sp³-hybridized carbons (Fsp3) is 0.400. The molecule has 1 unspecified atom stereocenters. The molecule has 3 aromatic rings. The van der Waals surface area contributed by atoms with Gasteiger partial charge in [0.1, 0.15) is 5.82 Å². The Morgan fingerprint density at radius 2 is 1.94 bits per heavy atom. The summed E-state index contributed by atoms with van der Waals surface area (Å²) in [5.74, 6) is 1.04. The van der Waals surface area contributed by atoms with Crippen LogP contribution in [0, 0.1) is 18.7 Å². The number of carbonyl (C=O) groups is 1. The highest BCUT2D eigenvalue weighted by molar-refractivity contribution is 7.98. The van der Waals surface area contributed by atoms with Gasteiger partial charge in [0.25, 0.3) is 0 Å². The zero-order valence-electron chi connectivity index (χ0n) is 19.3. The molecule has 5 nitrogen and oxygen atoms in total. The van der Waals surface area contributed by atoms with Crippen molar-refractivity contribution in [2.45, 2.75) is 63.9 Å². The highest BCUT2D eigenvalue weighted by atomic mass is 35.5. The molecule has 0 spiro atoms. The Morgan fingerprint density at radius 1 is 1.18 bits per heavy atom. The number of nitrogens with one attached hydrogen (secondary N) is 1. The molecule has 0 fully saturated rings. The van der Waals surface area contributed by atoms with E-state index in [0.717, 1.165) is 42.5 Å². The van der Waals surface area contributed by atoms with Crippen molar-refractivity contribution in [1.29, 1.82) is 0 Å². The Labute approximate surface area is 204 Å². The van der Waals surface area contributed by atoms with Crippen molar-refractivity contribution in [3.63, 3.8) is 0 Å². The summed E-state index contributed by atoms with van der Waals surface area (Å²) < 4.78 is 15.2. The second-order valence-electron chi connectivity index (χ2n) is 8.05. The molecular formula is C25H30ClFN4OS. The van der Waals surface area contributed by atoms with Gasteiger partial charge >= 0.3 is 0 Å². The number of hydrogen-bond acceptors (Lipinski definition) is 4. The van der Waals surface area contributed by atoms with Gasteiger partial charge in [0, 0.05) is 16.7 Å². The second kappa shape index (κ2) is 12.2. The number of benzene rings is 2. The van der Waals surface area contributed by atoms with Crippen LogP contribution in [0.4, 0.5) is 4.39 Å². The summed E-state index contributed by atoms with van der Waals surface area (Å²) in [5, 5.41) is 13.1. The van der Waals surface area contributed by atoms with Gasteiger partial charge in [-0.1, -0.05) is 68.3 Å². The lowest BCUT2D eigenvalue weighted by molar-refractivity contribution is -0.125. The Balaban J connectivity index is 1.84.